The van der Waals surface area contributed by atoms with Crippen LogP contribution in [0.5, 0.6) is 0 Å². The van der Waals surface area contributed by atoms with Crippen molar-refractivity contribution < 1.29 is 9.90 Å². The number of hydrogen-bond acceptors (Lipinski definition) is 2. The maximum Gasteiger partial charge on any atom is 0.308 e. The molecule has 1 rings (SSSR count). The fraction of sp³-hybridized carbons (Fsp3) is 0.417. The number of benzene rings is 1. The van der Waals surface area contributed by atoms with Crippen molar-refractivity contribution in [2.45, 2.75) is 25.8 Å². The van der Waals surface area contributed by atoms with Crippen molar-refractivity contribution in [3.8, 4) is 0 Å². The summed E-state index contributed by atoms with van der Waals surface area (Å²) in [5.74, 6) is -1.41. The molecule has 0 radical (unpaired) electrons. The van der Waals surface area contributed by atoms with Crippen LogP contribution in [0, 0.1) is 5.92 Å². The summed E-state index contributed by atoms with van der Waals surface area (Å²) in [6.45, 7) is 3.42. The van der Waals surface area contributed by atoms with Crippen LogP contribution in [0.25, 0.3) is 0 Å². The topological polar surface area (TPSA) is 63.3 Å². The van der Waals surface area contributed by atoms with E-state index in [1.807, 2.05) is 30.3 Å². The molecule has 3 heteroatoms. The van der Waals surface area contributed by atoms with E-state index in [1.165, 1.54) is 0 Å². The van der Waals surface area contributed by atoms with E-state index in [2.05, 4.69) is 0 Å². The van der Waals surface area contributed by atoms with E-state index in [9.17, 15) is 4.79 Å². The monoisotopic (exact) mass is 207 g/mol. The molecule has 0 aliphatic carbocycles. The molecule has 1 aromatic rings. The molecule has 0 aromatic heterocycles. The lowest BCUT2D eigenvalue weighted by atomic mass is 9.82. The number of carboxylic acid groups (broad SMARTS) is 1. The highest BCUT2D eigenvalue weighted by molar-refractivity contribution is 5.71. The predicted molar refractivity (Wildman–Crippen MR) is 59.5 cm³/mol. The second-order valence-electron chi connectivity index (χ2n) is 4.23. The van der Waals surface area contributed by atoms with Gasteiger partial charge in [0.15, 0.2) is 0 Å². The molecule has 2 atom stereocenters. The van der Waals surface area contributed by atoms with E-state index in [0.29, 0.717) is 6.42 Å². The summed E-state index contributed by atoms with van der Waals surface area (Å²) in [6, 6.07) is 9.70. The van der Waals surface area contributed by atoms with Crippen LogP contribution in [0.1, 0.15) is 19.4 Å². The van der Waals surface area contributed by atoms with Crippen molar-refractivity contribution in [1.82, 2.24) is 0 Å². The second-order valence-corrected chi connectivity index (χ2v) is 4.23. The lowest BCUT2D eigenvalue weighted by Gasteiger charge is -2.28. The highest BCUT2D eigenvalue weighted by Gasteiger charge is 2.31. The molecule has 15 heavy (non-hydrogen) atoms. The maximum atomic E-state index is 10.9. The van der Waals surface area contributed by atoms with Gasteiger partial charge in [0.2, 0.25) is 0 Å². The Balaban J connectivity index is 2.76. The Morgan fingerprint density at radius 1 is 1.47 bits per heavy atom. The molecule has 3 nitrogen and oxygen atoms in total. The molecular formula is C12H17NO2. The summed E-state index contributed by atoms with van der Waals surface area (Å²) in [5.41, 5.74) is 6.36. The number of carboxylic acids is 1. The Morgan fingerprint density at radius 3 is 2.47 bits per heavy atom. The van der Waals surface area contributed by atoms with Crippen LogP contribution >= 0.6 is 0 Å². The highest BCUT2D eigenvalue weighted by Crippen LogP contribution is 2.19. The van der Waals surface area contributed by atoms with Crippen LogP contribution < -0.4 is 5.73 Å². The van der Waals surface area contributed by atoms with Crippen LogP contribution in [0.4, 0.5) is 0 Å². The molecule has 0 amide bonds. The van der Waals surface area contributed by atoms with E-state index in [0.717, 1.165) is 5.56 Å². The van der Waals surface area contributed by atoms with Gasteiger partial charge >= 0.3 is 5.97 Å². The zero-order chi connectivity index (χ0) is 11.5. The highest BCUT2D eigenvalue weighted by atomic mass is 16.4. The summed E-state index contributed by atoms with van der Waals surface area (Å²) in [6.07, 6.45) is 0.571. The molecular weight excluding hydrogens is 190 g/mol. The molecule has 3 N–H and O–H groups in total. The third-order valence-corrected chi connectivity index (χ3v) is 2.79. The Kier molecular flexibility index (Phi) is 3.48. The van der Waals surface area contributed by atoms with Gasteiger partial charge in [-0.1, -0.05) is 37.3 Å². The fourth-order valence-electron chi connectivity index (χ4n) is 1.47. The molecule has 0 fully saturated rings. The standard InChI is InChI=1S/C12H17NO2/c1-9(11(14)15)12(2,13)8-10-6-4-3-5-7-10/h3-7,9H,8,13H2,1-2H3,(H,14,15). The van der Waals surface area contributed by atoms with E-state index in [1.54, 1.807) is 13.8 Å². The Hall–Kier alpha value is -1.35. The quantitative estimate of drug-likeness (QED) is 0.789. The SMILES string of the molecule is CC(C(=O)O)C(C)(N)Cc1ccccc1. The van der Waals surface area contributed by atoms with E-state index in [-0.39, 0.29) is 0 Å². The molecule has 0 saturated heterocycles. The van der Waals surface area contributed by atoms with Crippen LogP contribution in [-0.2, 0) is 11.2 Å². The summed E-state index contributed by atoms with van der Waals surface area (Å²) in [4.78, 5) is 10.9. The van der Waals surface area contributed by atoms with Crippen LogP contribution in [0.15, 0.2) is 30.3 Å². The number of rotatable bonds is 4. The van der Waals surface area contributed by atoms with Crippen LogP contribution in [0.2, 0.25) is 0 Å². The average Bonchev–Trinajstić information content (AvgIpc) is 2.17. The minimum atomic E-state index is -0.851. The van der Waals surface area contributed by atoms with Gasteiger partial charge in [-0.2, -0.15) is 0 Å². The number of aliphatic carboxylic acids is 1. The van der Waals surface area contributed by atoms with Gasteiger partial charge in [0.1, 0.15) is 0 Å². The zero-order valence-corrected chi connectivity index (χ0v) is 9.10. The Morgan fingerprint density at radius 2 is 2.00 bits per heavy atom. The summed E-state index contributed by atoms with van der Waals surface area (Å²) in [5, 5.41) is 8.92. The van der Waals surface area contributed by atoms with Crippen molar-refractivity contribution in [2.24, 2.45) is 11.7 Å². The number of hydrogen-bond donors (Lipinski definition) is 2. The summed E-state index contributed by atoms with van der Waals surface area (Å²) in [7, 11) is 0. The lowest BCUT2D eigenvalue weighted by molar-refractivity contribution is -0.143. The van der Waals surface area contributed by atoms with Gasteiger partial charge in [-0.3, -0.25) is 4.79 Å². The number of carbonyl (C=O) groups is 1. The Bertz CT molecular complexity index is 333. The Labute approximate surface area is 89.9 Å². The lowest BCUT2D eigenvalue weighted by Crippen LogP contribution is -2.48. The second kappa shape index (κ2) is 4.45. The molecule has 0 bridgehead atoms. The van der Waals surface area contributed by atoms with Crippen LogP contribution in [0.3, 0.4) is 0 Å². The summed E-state index contributed by atoms with van der Waals surface area (Å²) < 4.78 is 0. The first-order valence-corrected chi connectivity index (χ1v) is 4.99. The van der Waals surface area contributed by atoms with E-state index in [4.69, 9.17) is 10.8 Å². The first-order chi connectivity index (χ1) is 6.93. The van der Waals surface area contributed by atoms with Crippen molar-refractivity contribution in [1.29, 1.82) is 0 Å². The van der Waals surface area contributed by atoms with Crippen molar-refractivity contribution in [2.75, 3.05) is 0 Å². The van der Waals surface area contributed by atoms with Gasteiger partial charge in [0.05, 0.1) is 5.92 Å². The third-order valence-electron chi connectivity index (χ3n) is 2.79. The van der Waals surface area contributed by atoms with Gasteiger partial charge in [0, 0.05) is 5.54 Å². The largest absolute Gasteiger partial charge is 0.481 e. The van der Waals surface area contributed by atoms with E-state index < -0.39 is 17.4 Å². The van der Waals surface area contributed by atoms with Crippen molar-refractivity contribution in [3.05, 3.63) is 35.9 Å². The van der Waals surface area contributed by atoms with Gasteiger partial charge in [-0.25, -0.2) is 0 Å². The molecule has 0 spiro atoms. The molecule has 2 unspecified atom stereocenters. The van der Waals surface area contributed by atoms with Crippen molar-refractivity contribution in [3.63, 3.8) is 0 Å². The first-order valence-electron chi connectivity index (χ1n) is 4.99. The van der Waals surface area contributed by atoms with Gasteiger partial charge in [0.25, 0.3) is 0 Å². The fourth-order valence-corrected chi connectivity index (χ4v) is 1.47. The normalized spacial score (nSPS) is 16.7. The molecule has 82 valence electrons. The molecule has 0 saturated carbocycles. The third kappa shape index (κ3) is 3.06. The minimum absolute atomic E-state index is 0.558. The van der Waals surface area contributed by atoms with Gasteiger partial charge < -0.3 is 10.8 Å². The first kappa shape index (κ1) is 11.7. The minimum Gasteiger partial charge on any atom is -0.481 e. The van der Waals surface area contributed by atoms with Crippen LogP contribution in [-0.4, -0.2) is 16.6 Å². The van der Waals surface area contributed by atoms with Gasteiger partial charge in [-0.15, -0.1) is 0 Å². The average molecular weight is 207 g/mol. The smallest absolute Gasteiger partial charge is 0.308 e. The molecule has 0 aliphatic heterocycles. The summed E-state index contributed by atoms with van der Waals surface area (Å²) >= 11 is 0. The molecule has 1 aromatic carbocycles. The van der Waals surface area contributed by atoms with Gasteiger partial charge in [-0.05, 0) is 18.9 Å². The molecule has 0 aliphatic rings. The predicted octanol–water partition coefficient (Wildman–Crippen LogP) is 1.67. The van der Waals surface area contributed by atoms with Crippen molar-refractivity contribution >= 4 is 5.97 Å². The zero-order valence-electron chi connectivity index (χ0n) is 9.10. The molecule has 0 heterocycles. The number of nitrogens with two attached hydrogens (primary N) is 1. The maximum absolute atomic E-state index is 10.9. The van der Waals surface area contributed by atoms with E-state index >= 15 is 0 Å².